The van der Waals surface area contributed by atoms with Gasteiger partial charge >= 0.3 is 5.97 Å². The molecule has 0 unspecified atom stereocenters. The zero-order chi connectivity index (χ0) is 18.9. The Hall–Kier alpha value is -1.79. The van der Waals surface area contributed by atoms with E-state index in [0.717, 1.165) is 0 Å². The molecule has 0 atom stereocenters. The highest BCUT2D eigenvalue weighted by Crippen LogP contribution is 2.41. The van der Waals surface area contributed by atoms with E-state index in [9.17, 15) is 19.5 Å². The van der Waals surface area contributed by atoms with E-state index in [4.69, 9.17) is 46.4 Å². The Labute approximate surface area is 162 Å². The van der Waals surface area contributed by atoms with E-state index in [1.54, 1.807) is 0 Å². The van der Waals surface area contributed by atoms with Crippen molar-refractivity contribution in [2.24, 2.45) is 0 Å². The first-order valence-corrected chi connectivity index (χ1v) is 8.18. The summed E-state index contributed by atoms with van der Waals surface area (Å²) in [6, 6.07) is 6.00. The van der Waals surface area contributed by atoms with Gasteiger partial charge in [-0.2, -0.15) is 0 Å². The standard InChI is InChI=1S/C16H9Cl4NO4/c1-6(22)7-2-4-8(5-3-7)21-15(23)9-10(16(24)25)12(18)14(20)13(19)11(9)17/h2-5H,1H3,(H,21,23)(H,24,25). The van der Waals surface area contributed by atoms with Crippen LogP contribution in [0.25, 0.3) is 0 Å². The molecule has 1 amide bonds. The van der Waals surface area contributed by atoms with Gasteiger partial charge in [0.2, 0.25) is 0 Å². The fourth-order valence-electron chi connectivity index (χ4n) is 2.03. The molecule has 0 aromatic heterocycles. The van der Waals surface area contributed by atoms with Gasteiger partial charge in [0.15, 0.2) is 5.78 Å². The fraction of sp³-hybridized carbons (Fsp3) is 0.0625. The molecule has 0 saturated carbocycles. The zero-order valence-corrected chi connectivity index (χ0v) is 15.5. The van der Waals surface area contributed by atoms with Crippen molar-refractivity contribution in [3.05, 3.63) is 61.0 Å². The molecule has 130 valence electrons. The number of ketones is 1. The lowest BCUT2D eigenvalue weighted by Crippen LogP contribution is -2.18. The third-order valence-corrected chi connectivity index (χ3v) is 5.06. The normalized spacial score (nSPS) is 10.4. The van der Waals surface area contributed by atoms with Crippen molar-refractivity contribution in [3.63, 3.8) is 0 Å². The molecule has 0 fully saturated rings. The van der Waals surface area contributed by atoms with Crippen LogP contribution in [0.5, 0.6) is 0 Å². The fourth-order valence-corrected chi connectivity index (χ4v) is 3.05. The molecule has 2 aromatic rings. The van der Waals surface area contributed by atoms with Gasteiger partial charge < -0.3 is 10.4 Å². The molecule has 0 saturated heterocycles. The van der Waals surface area contributed by atoms with Crippen molar-refractivity contribution in [2.75, 3.05) is 5.32 Å². The largest absolute Gasteiger partial charge is 0.478 e. The lowest BCUT2D eigenvalue weighted by molar-refractivity contribution is 0.0692. The van der Waals surface area contributed by atoms with Gasteiger partial charge in [-0.05, 0) is 31.2 Å². The summed E-state index contributed by atoms with van der Waals surface area (Å²) >= 11 is 23.7. The quantitative estimate of drug-likeness (QED) is 0.391. The number of halogens is 4. The van der Waals surface area contributed by atoms with E-state index in [2.05, 4.69) is 5.32 Å². The number of carbonyl (C=O) groups excluding carboxylic acids is 2. The Balaban J connectivity index is 2.48. The first-order chi connectivity index (χ1) is 11.6. The maximum Gasteiger partial charge on any atom is 0.338 e. The van der Waals surface area contributed by atoms with Crippen molar-refractivity contribution >= 4 is 69.8 Å². The van der Waals surface area contributed by atoms with Gasteiger partial charge in [0, 0.05) is 11.3 Å². The lowest BCUT2D eigenvalue weighted by Gasteiger charge is -2.14. The summed E-state index contributed by atoms with van der Waals surface area (Å²) in [6.07, 6.45) is 0. The van der Waals surface area contributed by atoms with Crippen LogP contribution in [-0.4, -0.2) is 22.8 Å². The van der Waals surface area contributed by atoms with Gasteiger partial charge in [-0.1, -0.05) is 46.4 Å². The summed E-state index contributed by atoms with van der Waals surface area (Å²) in [5.74, 6) is -2.45. The van der Waals surface area contributed by atoms with Crippen molar-refractivity contribution in [1.29, 1.82) is 0 Å². The Morgan fingerprint density at radius 2 is 1.32 bits per heavy atom. The molecule has 0 aliphatic carbocycles. The number of aromatic carboxylic acids is 1. The third kappa shape index (κ3) is 3.90. The van der Waals surface area contributed by atoms with Crippen LogP contribution in [-0.2, 0) is 0 Å². The summed E-state index contributed by atoms with van der Waals surface area (Å²) in [5, 5.41) is 10.6. The van der Waals surface area contributed by atoms with Crippen LogP contribution in [0.3, 0.4) is 0 Å². The highest BCUT2D eigenvalue weighted by molar-refractivity contribution is 6.54. The smallest absolute Gasteiger partial charge is 0.338 e. The lowest BCUT2D eigenvalue weighted by atomic mass is 10.1. The van der Waals surface area contributed by atoms with E-state index < -0.39 is 23.0 Å². The molecule has 2 rings (SSSR count). The van der Waals surface area contributed by atoms with E-state index in [1.807, 2.05) is 0 Å². The Morgan fingerprint density at radius 3 is 1.76 bits per heavy atom. The van der Waals surface area contributed by atoms with Gasteiger partial charge in [-0.15, -0.1) is 0 Å². The number of carboxylic acids is 1. The monoisotopic (exact) mass is 419 g/mol. The van der Waals surface area contributed by atoms with Gasteiger partial charge in [0.25, 0.3) is 5.91 Å². The van der Waals surface area contributed by atoms with Crippen LogP contribution >= 0.6 is 46.4 Å². The maximum absolute atomic E-state index is 12.5. The molecule has 2 aromatic carbocycles. The number of carboxylic acid groups (broad SMARTS) is 1. The number of rotatable bonds is 4. The van der Waals surface area contributed by atoms with Gasteiger partial charge in [-0.3, -0.25) is 9.59 Å². The maximum atomic E-state index is 12.5. The average Bonchev–Trinajstić information content (AvgIpc) is 2.55. The van der Waals surface area contributed by atoms with Gasteiger partial charge in [-0.25, -0.2) is 4.79 Å². The summed E-state index contributed by atoms with van der Waals surface area (Å²) in [6.45, 7) is 1.41. The molecular weight excluding hydrogens is 412 g/mol. The van der Waals surface area contributed by atoms with Crippen molar-refractivity contribution in [2.45, 2.75) is 6.92 Å². The van der Waals surface area contributed by atoms with E-state index in [0.29, 0.717) is 11.3 Å². The number of anilines is 1. The zero-order valence-electron chi connectivity index (χ0n) is 12.5. The van der Waals surface area contributed by atoms with Gasteiger partial charge in [0.05, 0.1) is 31.2 Å². The molecule has 0 heterocycles. The van der Waals surface area contributed by atoms with E-state index in [-0.39, 0.29) is 25.9 Å². The van der Waals surface area contributed by atoms with Crippen LogP contribution < -0.4 is 5.32 Å². The van der Waals surface area contributed by atoms with Crippen LogP contribution in [0, 0.1) is 0 Å². The summed E-state index contributed by atoms with van der Waals surface area (Å²) in [7, 11) is 0. The summed E-state index contributed by atoms with van der Waals surface area (Å²) in [4.78, 5) is 35.2. The van der Waals surface area contributed by atoms with E-state index in [1.165, 1.54) is 31.2 Å². The van der Waals surface area contributed by atoms with Gasteiger partial charge in [0.1, 0.15) is 0 Å². The average molecular weight is 421 g/mol. The Morgan fingerprint density at radius 1 is 0.840 bits per heavy atom. The molecule has 0 bridgehead atoms. The van der Waals surface area contributed by atoms with Crippen LogP contribution in [0.2, 0.25) is 20.1 Å². The highest BCUT2D eigenvalue weighted by Gasteiger charge is 2.28. The molecule has 9 heteroatoms. The first kappa shape index (κ1) is 19.5. The molecule has 0 aliphatic rings. The summed E-state index contributed by atoms with van der Waals surface area (Å²) < 4.78 is 0. The number of benzene rings is 2. The van der Waals surface area contributed by atoms with Crippen molar-refractivity contribution in [1.82, 2.24) is 0 Å². The van der Waals surface area contributed by atoms with E-state index >= 15 is 0 Å². The molecule has 25 heavy (non-hydrogen) atoms. The molecule has 5 nitrogen and oxygen atoms in total. The third-order valence-electron chi connectivity index (χ3n) is 3.26. The molecule has 2 N–H and O–H groups in total. The predicted molar refractivity (Wildman–Crippen MR) is 97.8 cm³/mol. The molecular formula is C16H9Cl4NO4. The Kier molecular flexibility index (Phi) is 5.95. The number of nitrogens with one attached hydrogen (secondary N) is 1. The minimum Gasteiger partial charge on any atom is -0.478 e. The number of carbonyl (C=O) groups is 3. The van der Waals surface area contributed by atoms with Crippen LogP contribution in [0.4, 0.5) is 5.69 Å². The number of amides is 1. The van der Waals surface area contributed by atoms with Crippen molar-refractivity contribution < 1.29 is 19.5 Å². The second-order valence-corrected chi connectivity index (χ2v) is 6.41. The summed E-state index contributed by atoms with van der Waals surface area (Å²) in [5.41, 5.74) is -0.187. The topological polar surface area (TPSA) is 83.5 Å². The minimum atomic E-state index is -1.48. The number of Topliss-reactive ketones (excluding diaryl/α,β-unsaturated/α-hetero) is 1. The Bertz CT molecular complexity index is 894. The second-order valence-electron chi connectivity index (χ2n) is 4.90. The van der Waals surface area contributed by atoms with Crippen molar-refractivity contribution in [3.8, 4) is 0 Å². The number of hydrogen-bond acceptors (Lipinski definition) is 3. The molecule has 0 spiro atoms. The minimum absolute atomic E-state index is 0.134. The first-order valence-electron chi connectivity index (χ1n) is 6.66. The second kappa shape index (κ2) is 7.62. The van der Waals surface area contributed by atoms with Crippen LogP contribution in [0.1, 0.15) is 38.0 Å². The van der Waals surface area contributed by atoms with Crippen LogP contribution in [0.15, 0.2) is 24.3 Å². The SMILES string of the molecule is CC(=O)c1ccc(NC(=O)c2c(Cl)c(Cl)c(Cl)c(Cl)c2C(=O)O)cc1. The highest BCUT2D eigenvalue weighted by atomic mass is 35.5. The molecule has 0 radical (unpaired) electrons. The molecule has 0 aliphatic heterocycles. The predicted octanol–water partition coefficient (Wildman–Crippen LogP) is 5.45. The number of hydrogen-bond donors (Lipinski definition) is 2.